The third-order valence-corrected chi connectivity index (χ3v) is 6.95. The molecule has 0 saturated carbocycles. The lowest BCUT2D eigenvalue weighted by Gasteiger charge is -2.28. The molecule has 0 saturated heterocycles. The van der Waals surface area contributed by atoms with Crippen LogP contribution in [0.2, 0.25) is 0 Å². The van der Waals surface area contributed by atoms with Crippen LogP contribution in [0.5, 0.6) is 5.75 Å². The van der Waals surface area contributed by atoms with Crippen molar-refractivity contribution in [1.29, 1.82) is 5.26 Å². The molecule has 0 unspecified atom stereocenters. The summed E-state index contributed by atoms with van der Waals surface area (Å²) in [4.78, 5) is 4.18. The first-order chi connectivity index (χ1) is 14.5. The Morgan fingerprint density at radius 1 is 1.23 bits per heavy atom. The Balaban J connectivity index is 1.75. The fraction of sp³-hybridized carbons (Fsp3) is 0.238. The Bertz CT molecular complexity index is 1240. The molecule has 0 amide bonds. The summed E-state index contributed by atoms with van der Waals surface area (Å²) >= 11 is 0. The molecule has 8 nitrogen and oxygen atoms in total. The summed E-state index contributed by atoms with van der Waals surface area (Å²) in [5.41, 5.74) is 2.69. The molecular weight excluding hydrogens is 404 g/mol. The van der Waals surface area contributed by atoms with E-state index < -0.39 is 10.0 Å². The van der Waals surface area contributed by atoms with Crippen molar-refractivity contribution in [3.63, 3.8) is 0 Å². The van der Waals surface area contributed by atoms with Crippen molar-refractivity contribution in [3.05, 3.63) is 59.3 Å². The van der Waals surface area contributed by atoms with E-state index in [1.807, 2.05) is 30.3 Å². The molecule has 1 aliphatic rings. The van der Waals surface area contributed by atoms with Crippen LogP contribution in [0.1, 0.15) is 16.8 Å². The van der Waals surface area contributed by atoms with Crippen molar-refractivity contribution in [2.75, 3.05) is 26.0 Å². The highest BCUT2D eigenvalue weighted by atomic mass is 32.2. The van der Waals surface area contributed by atoms with Crippen LogP contribution in [0.3, 0.4) is 0 Å². The van der Waals surface area contributed by atoms with Crippen molar-refractivity contribution in [2.24, 2.45) is 0 Å². The highest BCUT2D eigenvalue weighted by molar-refractivity contribution is 7.89. The van der Waals surface area contributed by atoms with Crippen LogP contribution in [0, 0.1) is 11.3 Å². The largest absolute Gasteiger partial charge is 0.495 e. The maximum Gasteiger partial charge on any atom is 0.247 e. The van der Waals surface area contributed by atoms with Crippen LogP contribution in [0.15, 0.2) is 51.8 Å². The molecule has 0 aliphatic carbocycles. The summed E-state index contributed by atoms with van der Waals surface area (Å²) in [6.07, 6.45) is 0.647. The van der Waals surface area contributed by atoms with Crippen LogP contribution in [-0.2, 0) is 23.0 Å². The number of anilines is 1. The molecule has 2 heterocycles. The number of ether oxygens (including phenoxy) is 1. The minimum Gasteiger partial charge on any atom is -0.495 e. The lowest BCUT2D eigenvalue weighted by Crippen LogP contribution is -2.36. The second-order valence-electron chi connectivity index (χ2n) is 6.78. The van der Waals surface area contributed by atoms with Crippen molar-refractivity contribution in [1.82, 2.24) is 9.29 Å². The minimum absolute atomic E-state index is 0.0320. The molecule has 0 fully saturated rings. The molecule has 2 aromatic carbocycles. The lowest BCUT2D eigenvalue weighted by atomic mass is 10.0. The number of hydrogen-bond acceptors (Lipinski definition) is 7. The van der Waals surface area contributed by atoms with Gasteiger partial charge in [0, 0.05) is 25.7 Å². The van der Waals surface area contributed by atoms with E-state index in [1.165, 1.54) is 17.5 Å². The molecule has 0 atom stereocenters. The Morgan fingerprint density at radius 3 is 2.67 bits per heavy atom. The zero-order valence-corrected chi connectivity index (χ0v) is 17.4. The van der Waals surface area contributed by atoms with E-state index in [0.717, 1.165) is 11.1 Å². The predicted octanol–water partition coefficient (Wildman–Crippen LogP) is 3.01. The van der Waals surface area contributed by atoms with Crippen molar-refractivity contribution >= 4 is 15.9 Å². The molecule has 1 aliphatic heterocycles. The van der Waals surface area contributed by atoms with Gasteiger partial charge in [-0.2, -0.15) is 14.6 Å². The van der Waals surface area contributed by atoms with Gasteiger partial charge in [0.2, 0.25) is 27.5 Å². The van der Waals surface area contributed by atoms with E-state index >= 15 is 0 Å². The zero-order valence-electron chi connectivity index (χ0n) is 16.5. The SMILES string of the molecule is CNc1oc(-c2ccc(OC)c(S(=O)(=O)N3CCc4ccccc4C3)c2)nc1C#N. The fourth-order valence-corrected chi connectivity index (χ4v) is 5.11. The summed E-state index contributed by atoms with van der Waals surface area (Å²) in [6.45, 7) is 0.682. The zero-order chi connectivity index (χ0) is 21.3. The maximum atomic E-state index is 13.5. The van der Waals surface area contributed by atoms with Crippen LogP contribution < -0.4 is 10.1 Å². The first-order valence-corrected chi connectivity index (χ1v) is 10.8. The van der Waals surface area contributed by atoms with Crippen LogP contribution in [0.25, 0.3) is 11.5 Å². The van der Waals surface area contributed by atoms with E-state index in [2.05, 4.69) is 10.3 Å². The third-order valence-electron chi connectivity index (χ3n) is 5.08. The summed E-state index contributed by atoms with van der Waals surface area (Å²) in [7, 11) is -0.792. The number of fused-ring (bicyclic) bond motifs is 1. The van der Waals surface area contributed by atoms with E-state index in [4.69, 9.17) is 9.15 Å². The molecule has 0 bridgehead atoms. The van der Waals surface area contributed by atoms with Gasteiger partial charge < -0.3 is 14.5 Å². The summed E-state index contributed by atoms with van der Waals surface area (Å²) in [5.74, 6) is 0.609. The summed E-state index contributed by atoms with van der Waals surface area (Å²) < 4.78 is 39.3. The fourth-order valence-electron chi connectivity index (χ4n) is 3.51. The normalized spacial score (nSPS) is 14.0. The predicted molar refractivity (Wildman–Crippen MR) is 110 cm³/mol. The molecule has 3 aromatic rings. The second kappa shape index (κ2) is 7.82. The van der Waals surface area contributed by atoms with Gasteiger partial charge >= 0.3 is 0 Å². The highest BCUT2D eigenvalue weighted by Crippen LogP contribution is 2.34. The third kappa shape index (κ3) is 3.40. The summed E-state index contributed by atoms with van der Waals surface area (Å²) in [6, 6.07) is 14.5. The number of nitriles is 1. The van der Waals surface area contributed by atoms with Crippen LogP contribution >= 0.6 is 0 Å². The van der Waals surface area contributed by atoms with E-state index in [-0.39, 0.29) is 28.1 Å². The molecular formula is C21H20N4O4S. The van der Waals surface area contributed by atoms with Crippen molar-refractivity contribution in [2.45, 2.75) is 17.9 Å². The number of hydrogen-bond donors (Lipinski definition) is 1. The number of aromatic nitrogens is 1. The molecule has 30 heavy (non-hydrogen) atoms. The Hall–Kier alpha value is -3.35. The van der Waals surface area contributed by atoms with Gasteiger partial charge in [-0.3, -0.25) is 0 Å². The highest BCUT2D eigenvalue weighted by Gasteiger charge is 2.31. The average Bonchev–Trinajstić information content (AvgIpc) is 3.21. The summed E-state index contributed by atoms with van der Waals surface area (Å²) in [5, 5.41) is 12.0. The topological polar surface area (TPSA) is 108 Å². The number of nitrogens with one attached hydrogen (secondary N) is 1. The first kappa shape index (κ1) is 19.9. The lowest BCUT2D eigenvalue weighted by molar-refractivity contribution is 0.378. The smallest absolute Gasteiger partial charge is 0.247 e. The number of oxazole rings is 1. The van der Waals surface area contributed by atoms with Gasteiger partial charge in [-0.15, -0.1) is 0 Å². The molecule has 0 radical (unpaired) electrons. The van der Waals surface area contributed by atoms with E-state index in [9.17, 15) is 13.7 Å². The molecule has 1 N–H and O–H groups in total. The Morgan fingerprint density at radius 2 is 2.00 bits per heavy atom. The quantitative estimate of drug-likeness (QED) is 0.671. The van der Waals surface area contributed by atoms with Gasteiger partial charge in [0.25, 0.3) is 0 Å². The molecule has 4 rings (SSSR count). The van der Waals surface area contributed by atoms with Gasteiger partial charge in [0.05, 0.1) is 7.11 Å². The van der Waals surface area contributed by atoms with Gasteiger partial charge in [-0.25, -0.2) is 8.42 Å². The number of benzene rings is 2. The van der Waals surface area contributed by atoms with Gasteiger partial charge in [-0.05, 0) is 35.7 Å². The Kier molecular flexibility index (Phi) is 5.20. The van der Waals surface area contributed by atoms with Gasteiger partial charge in [0.1, 0.15) is 16.7 Å². The Labute approximate surface area is 174 Å². The van der Waals surface area contributed by atoms with Crippen molar-refractivity contribution < 1.29 is 17.6 Å². The van der Waals surface area contributed by atoms with Crippen molar-refractivity contribution in [3.8, 4) is 23.3 Å². The average molecular weight is 424 g/mol. The number of methoxy groups -OCH3 is 1. The molecule has 0 spiro atoms. The maximum absolute atomic E-state index is 13.5. The van der Waals surface area contributed by atoms with Crippen LogP contribution in [0.4, 0.5) is 5.88 Å². The van der Waals surface area contributed by atoms with Gasteiger partial charge in [-0.1, -0.05) is 24.3 Å². The number of sulfonamides is 1. The number of nitrogens with zero attached hydrogens (tertiary/aromatic N) is 3. The van der Waals surface area contributed by atoms with E-state index in [1.54, 1.807) is 19.2 Å². The van der Waals surface area contributed by atoms with Gasteiger partial charge in [0.15, 0.2) is 0 Å². The van der Waals surface area contributed by atoms with Crippen LogP contribution in [-0.4, -0.2) is 38.4 Å². The molecule has 154 valence electrons. The second-order valence-corrected chi connectivity index (χ2v) is 8.69. The molecule has 9 heteroatoms. The monoisotopic (exact) mass is 424 g/mol. The first-order valence-electron chi connectivity index (χ1n) is 9.32. The molecule has 1 aromatic heterocycles. The number of rotatable bonds is 5. The minimum atomic E-state index is -3.83. The van der Waals surface area contributed by atoms with E-state index in [0.29, 0.717) is 25.1 Å². The standard InChI is InChI=1S/C21H20N4O4S/c1-23-21-17(12-22)24-20(29-21)15-7-8-18(28-2)19(11-15)30(26,27)25-10-9-14-5-3-4-6-16(14)13-25/h3-8,11,23H,9-10,13H2,1-2H3.